The molecule has 0 saturated heterocycles. The van der Waals surface area contributed by atoms with Gasteiger partial charge in [-0.3, -0.25) is 14.9 Å². The highest BCUT2D eigenvalue weighted by molar-refractivity contribution is 9.10. The number of amides is 2. The Bertz CT molecular complexity index is 751. The first-order chi connectivity index (χ1) is 11.9. The molecule has 6 nitrogen and oxygen atoms in total. The molecule has 0 fully saturated rings. The molecule has 1 aromatic carbocycles. The van der Waals surface area contributed by atoms with Gasteiger partial charge < -0.3 is 5.32 Å². The van der Waals surface area contributed by atoms with Crippen LogP contribution in [0.2, 0.25) is 0 Å². The normalized spacial score (nSPS) is 12.0. The molecule has 1 aromatic heterocycles. The topological polar surface area (TPSA) is 84.0 Å². The molecule has 0 unspecified atom stereocenters. The Hall–Kier alpha value is -1.45. The number of hydrogen-bond donors (Lipinski definition) is 2. The number of anilines is 1. The van der Waals surface area contributed by atoms with Crippen molar-refractivity contribution in [2.45, 2.75) is 31.2 Å². The quantitative estimate of drug-likeness (QED) is 0.502. The summed E-state index contributed by atoms with van der Waals surface area (Å²) >= 11 is 6.24. The third-order valence-corrected chi connectivity index (χ3v) is 5.80. The predicted molar refractivity (Wildman–Crippen MR) is 105 cm³/mol. The zero-order valence-electron chi connectivity index (χ0n) is 14.1. The highest BCUT2D eigenvalue weighted by atomic mass is 79.9. The van der Waals surface area contributed by atoms with Crippen LogP contribution in [0.1, 0.15) is 31.1 Å². The van der Waals surface area contributed by atoms with Gasteiger partial charge in [0.25, 0.3) is 5.91 Å². The van der Waals surface area contributed by atoms with E-state index in [-0.39, 0.29) is 17.7 Å². The molecule has 134 valence electrons. The summed E-state index contributed by atoms with van der Waals surface area (Å²) in [6, 6.07) is 6.42. The average Bonchev–Trinajstić information content (AvgIpc) is 2.99. The maximum atomic E-state index is 12.6. The van der Waals surface area contributed by atoms with E-state index in [1.54, 1.807) is 30.0 Å². The largest absolute Gasteiger partial charge is 0.340 e. The second kappa shape index (κ2) is 9.30. The van der Waals surface area contributed by atoms with Crippen molar-refractivity contribution in [2.24, 2.45) is 5.92 Å². The fourth-order valence-corrected chi connectivity index (χ4v) is 4.14. The summed E-state index contributed by atoms with van der Waals surface area (Å²) in [5.41, 5.74) is 0.485. The molecule has 2 rings (SSSR count). The van der Waals surface area contributed by atoms with Gasteiger partial charge in [0.1, 0.15) is 6.04 Å². The zero-order chi connectivity index (χ0) is 18.4. The summed E-state index contributed by atoms with van der Waals surface area (Å²) in [6.07, 6.45) is 0. The van der Waals surface area contributed by atoms with E-state index in [0.717, 1.165) is 10.1 Å². The van der Waals surface area contributed by atoms with E-state index >= 15 is 0 Å². The van der Waals surface area contributed by atoms with E-state index in [9.17, 15) is 9.59 Å². The molecular formula is C16H19BrN4O2S2. The van der Waals surface area contributed by atoms with E-state index in [2.05, 4.69) is 36.8 Å². The number of thioether (sulfide) groups is 1. The Morgan fingerprint density at radius 1 is 1.28 bits per heavy atom. The molecule has 1 atom stereocenters. The van der Waals surface area contributed by atoms with Gasteiger partial charge in [-0.25, -0.2) is 0 Å². The number of nitrogens with zero attached hydrogens (tertiary/aromatic N) is 2. The van der Waals surface area contributed by atoms with Crippen LogP contribution in [0.5, 0.6) is 0 Å². The summed E-state index contributed by atoms with van der Waals surface area (Å²) in [5, 5.41) is 13.9. The second-order valence-corrected chi connectivity index (χ2v) is 8.81. The molecule has 0 radical (unpaired) electrons. The first kappa shape index (κ1) is 19.9. The second-order valence-electron chi connectivity index (χ2n) is 5.47. The van der Waals surface area contributed by atoms with Gasteiger partial charge in [-0.2, -0.15) is 0 Å². The molecule has 9 heteroatoms. The van der Waals surface area contributed by atoms with Crippen LogP contribution in [0.25, 0.3) is 0 Å². The Labute approximate surface area is 163 Å². The number of halogens is 1. The van der Waals surface area contributed by atoms with Crippen LogP contribution < -0.4 is 10.6 Å². The van der Waals surface area contributed by atoms with Crippen molar-refractivity contribution in [1.82, 2.24) is 15.5 Å². The van der Waals surface area contributed by atoms with Crippen molar-refractivity contribution in [3.63, 3.8) is 0 Å². The van der Waals surface area contributed by atoms with Crippen LogP contribution in [0, 0.1) is 5.92 Å². The number of nitrogens with one attached hydrogen (secondary N) is 2. The highest BCUT2D eigenvalue weighted by Crippen LogP contribution is 2.25. The van der Waals surface area contributed by atoms with Crippen molar-refractivity contribution in [3.05, 3.63) is 34.3 Å². The number of rotatable bonds is 7. The molecule has 25 heavy (non-hydrogen) atoms. The summed E-state index contributed by atoms with van der Waals surface area (Å²) in [6.45, 7) is 5.78. The fraction of sp³-hybridized carbons (Fsp3) is 0.375. The predicted octanol–water partition coefficient (Wildman–Crippen LogP) is 3.81. The maximum Gasteiger partial charge on any atom is 0.253 e. The minimum absolute atomic E-state index is 0.0798. The molecule has 0 aliphatic carbocycles. The Morgan fingerprint density at radius 2 is 2.00 bits per heavy atom. The Morgan fingerprint density at radius 3 is 2.64 bits per heavy atom. The lowest BCUT2D eigenvalue weighted by atomic mass is 10.0. The lowest BCUT2D eigenvalue weighted by Gasteiger charge is -2.21. The van der Waals surface area contributed by atoms with Crippen molar-refractivity contribution in [1.29, 1.82) is 0 Å². The third-order valence-electron chi connectivity index (χ3n) is 3.26. The molecule has 0 spiro atoms. The van der Waals surface area contributed by atoms with Crippen LogP contribution in [0.4, 0.5) is 5.13 Å². The lowest BCUT2D eigenvalue weighted by Crippen LogP contribution is -2.47. The van der Waals surface area contributed by atoms with E-state index in [1.165, 1.54) is 11.3 Å². The molecule has 0 saturated carbocycles. The third kappa shape index (κ3) is 5.52. The van der Waals surface area contributed by atoms with Crippen LogP contribution >= 0.6 is 39.0 Å². The van der Waals surface area contributed by atoms with E-state index in [0.29, 0.717) is 15.2 Å². The van der Waals surface area contributed by atoms with Gasteiger partial charge in [0, 0.05) is 4.47 Å². The first-order valence-electron chi connectivity index (χ1n) is 7.75. The zero-order valence-corrected chi connectivity index (χ0v) is 17.3. The van der Waals surface area contributed by atoms with Gasteiger partial charge in [0.15, 0.2) is 4.34 Å². The highest BCUT2D eigenvalue weighted by Gasteiger charge is 2.26. The molecule has 1 heterocycles. The number of hydrogen-bond acceptors (Lipinski definition) is 6. The lowest BCUT2D eigenvalue weighted by molar-refractivity contribution is -0.118. The van der Waals surface area contributed by atoms with Crippen LogP contribution in [-0.4, -0.2) is 33.8 Å². The molecule has 2 N–H and O–H groups in total. The van der Waals surface area contributed by atoms with Gasteiger partial charge in [-0.05, 0) is 39.7 Å². The maximum absolute atomic E-state index is 12.6. The van der Waals surface area contributed by atoms with Crippen molar-refractivity contribution >= 4 is 56.0 Å². The standard InChI is InChI=1S/C16H19BrN4O2S2/c1-4-24-16-21-20-15(25-16)19-14(23)12(9(2)3)18-13(22)10-7-5-6-8-11(10)17/h5-9,12H,4H2,1-3H3,(H,18,22)(H,19,20,23)/t12-/m1/s1. The van der Waals surface area contributed by atoms with Gasteiger partial charge in [0.05, 0.1) is 5.56 Å². The Balaban J connectivity index is 2.07. The molecule has 0 bridgehead atoms. The molecule has 2 aromatic rings. The summed E-state index contributed by atoms with van der Waals surface area (Å²) in [5.74, 6) is 0.198. The minimum Gasteiger partial charge on any atom is -0.340 e. The first-order valence-corrected chi connectivity index (χ1v) is 10.3. The summed E-state index contributed by atoms with van der Waals surface area (Å²) in [7, 11) is 0. The number of carbonyl (C=O) groups excluding carboxylic acids is 2. The molecule has 0 aliphatic heterocycles. The SMILES string of the molecule is CCSc1nnc(NC(=O)[C@H](NC(=O)c2ccccc2Br)C(C)C)s1. The molecule has 0 aliphatic rings. The molecular weight excluding hydrogens is 424 g/mol. The minimum atomic E-state index is -0.675. The smallest absolute Gasteiger partial charge is 0.253 e. The summed E-state index contributed by atoms with van der Waals surface area (Å²) < 4.78 is 1.48. The van der Waals surface area contributed by atoms with Crippen LogP contribution in [-0.2, 0) is 4.79 Å². The van der Waals surface area contributed by atoms with E-state index < -0.39 is 6.04 Å². The average molecular weight is 443 g/mol. The number of benzene rings is 1. The fourth-order valence-electron chi connectivity index (χ4n) is 2.02. The van der Waals surface area contributed by atoms with Crippen LogP contribution in [0.3, 0.4) is 0 Å². The number of aromatic nitrogens is 2. The summed E-state index contributed by atoms with van der Waals surface area (Å²) in [4.78, 5) is 25.0. The monoisotopic (exact) mass is 442 g/mol. The number of carbonyl (C=O) groups is 2. The van der Waals surface area contributed by atoms with Crippen LogP contribution in [0.15, 0.2) is 33.1 Å². The van der Waals surface area contributed by atoms with Crippen molar-refractivity contribution in [3.8, 4) is 0 Å². The van der Waals surface area contributed by atoms with Gasteiger partial charge in [0.2, 0.25) is 11.0 Å². The van der Waals surface area contributed by atoms with Gasteiger partial charge in [-0.15, -0.1) is 10.2 Å². The van der Waals surface area contributed by atoms with Crippen molar-refractivity contribution in [2.75, 3.05) is 11.1 Å². The molecule has 2 amide bonds. The van der Waals surface area contributed by atoms with Crippen molar-refractivity contribution < 1.29 is 9.59 Å². The Kier molecular flexibility index (Phi) is 7.39. The van der Waals surface area contributed by atoms with E-state index in [1.807, 2.05) is 26.8 Å². The van der Waals surface area contributed by atoms with E-state index in [4.69, 9.17) is 0 Å². The van der Waals surface area contributed by atoms with Gasteiger partial charge in [-0.1, -0.05) is 56.0 Å². The van der Waals surface area contributed by atoms with Gasteiger partial charge >= 0.3 is 0 Å².